The van der Waals surface area contributed by atoms with Crippen molar-refractivity contribution in [2.75, 3.05) is 33.3 Å². The van der Waals surface area contributed by atoms with E-state index in [-0.39, 0.29) is 42.9 Å². The number of piperidine rings is 1. The summed E-state index contributed by atoms with van der Waals surface area (Å²) in [6.07, 6.45) is 8.79. The van der Waals surface area contributed by atoms with E-state index in [1.54, 1.807) is 13.2 Å². The molecule has 2 aliphatic heterocycles. The van der Waals surface area contributed by atoms with Gasteiger partial charge in [-0.3, -0.25) is 4.79 Å². The number of nitrogens with one attached hydrogen (secondary N) is 2. The summed E-state index contributed by atoms with van der Waals surface area (Å²) in [5.41, 5.74) is 0.618. The van der Waals surface area contributed by atoms with Crippen molar-refractivity contribution >= 4 is 30.7 Å². The van der Waals surface area contributed by atoms with Crippen LogP contribution in [0.15, 0.2) is 18.2 Å². The number of hydrogen-bond donors (Lipinski definition) is 2. The smallest absolute Gasteiger partial charge is 0.251 e. The van der Waals surface area contributed by atoms with Crippen LogP contribution < -0.4 is 20.1 Å². The van der Waals surface area contributed by atoms with Crippen molar-refractivity contribution < 1.29 is 14.3 Å². The molecule has 1 unspecified atom stereocenters. The van der Waals surface area contributed by atoms with E-state index in [0.29, 0.717) is 11.3 Å². The third-order valence-corrected chi connectivity index (χ3v) is 6.43. The monoisotopic (exact) mass is 459 g/mol. The quantitative estimate of drug-likeness (QED) is 0.682. The van der Waals surface area contributed by atoms with E-state index in [2.05, 4.69) is 15.5 Å². The molecule has 170 valence electrons. The number of methoxy groups -OCH3 is 1. The average molecular weight is 460 g/mol. The Balaban J connectivity index is 0.00000160. The molecular weight excluding hydrogens is 425 g/mol. The highest BCUT2D eigenvalue weighted by Gasteiger charge is 2.28. The molecule has 8 heteroatoms. The zero-order valence-corrected chi connectivity index (χ0v) is 19.4. The van der Waals surface area contributed by atoms with Crippen LogP contribution in [0.25, 0.3) is 0 Å². The number of rotatable bonds is 6. The van der Waals surface area contributed by atoms with Gasteiger partial charge in [0.2, 0.25) is 0 Å². The Morgan fingerprint density at radius 3 is 2.43 bits per heavy atom. The van der Waals surface area contributed by atoms with Crippen LogP contribution >= 0.6 is 24.8 Å². The zero-order valence-electron chi connectivity index (χ0n) is 17.7. The zero-order chi connectivity index (χ0) is 19.3. The standard InChI is InChI=1S/C22H33N3O3.2ClH/c1-27-21-14-16(22(26)24-17-8-11-23-15-17)6-7-20(21)28-19-9-12-25(13-10-19)18-4-2-3-5-18;;/h6-7,14,17-19,23H,2-5,8-13,15H2,1H3,(H,24,26);2*1H. The first kappa shape index (κ1) is 25.1. The Kier molecular flexibility index (Phi) is 10.0. The molecule has 0 aromatic heterocycles. The maximum atomic E-state index is 12.5. The normalized spacial score (nSPS) is 22.8. The lowest BCUT2D eigenvalue weighted by molar-refractivity contribution is 0.0750. The summed E-state index contributed by atoms with van der Waals surface area (Å²) in [6.45, 7) is 4.03. The molecule has 3 fully saturated rings. The van der Waals surface area contributed by atoms with Gasteiger partial charge in [-0.25, -0.2) is 0 Å². The molecule has 1 aromatic carbocycles. The van der Waals surface area contributed by atoms with Crippen LogP contribution in [0.1, 0.15) is 55.3 Å². The molecule has 1 aliphatic carbocycles. The van der Waals surface area contributed by atoms with Crippen molar-refractivity contribution in [1.82, 2.24) is 15.5 Å². The summed E-state index contributed by atoms with van der Waals surface area (Å²) in [5, 5.41) is 6.34. The SMILES string of the molecule is COc1cc(C(=O)NC2CCNC2)ccc1OC1CCN(C2CCCC2)CC1.Cl.Cl. The largest absolute Gasteiger partial charge is 0.493 e. The highest BCUT2D eigenvalue weighted by Crippen LogP contribution is 2.32. The molecule has 1 aromatic rings. The number of amides is 1. The van der Waals surface area contributed by atoms with Crippen LogP contribution in [-0.4, -0.2) is 62.3 Å². The topological polar surface area (TPSA) is 62.8 Å². The molecule has 30 heavy (non-hydrogen) atoms. The molecule has 1 atom stereocenters. The van der Waals surface area contributed by atoms with Gasteiger partial charge in [-0.05, 0) is 56.8 Å². The van der Waals surface area contributed by atoms with Crippen LogP contribution in [0, 0.1) is 0 Å². The summed E-state index contributed by atoms with van der Waals surface area (Å²) in [4.78, 5) is 15.1. The number of carbonyl (C=O) groups excluding carboxylic acids is 1. The van der Waals surface area contributed by atoms with E-state index in [0.717, 1.165) is 57.2 Å². The van der Waals surface area contributed by atoms with E-state index in [9.17, 15) is 4.79 Å². The van der Waals surface area contributed by atoms with Crippen LogP contribution in [0.3, 0.4) is 0 Å². The number of carbonyl (C=O) groups is 1. The molecule has 2 N–H and O–H groups in total. The minimum absolute atomic E-state index is 0. The third-order valence-electron chi connectivity index (χ3n) is 6.43. The predicted octanol–water partition coefficient (Wildman–Crippen LogP) is 3.42. The van der Waals surface area contributed by atoms with E-state index in [4.69, 9.17) is 9.47 Å². The lowest BCUT2D eigenvalue weighted by atomic mass is 10.0. The molecule has 3 aliphatic rings. The maximum Gasteiger partial charge on any atom is 0.251 e. The lowest BCUT2D eigenvalue weighted by Crippen LogP contribution is -2.43. The van der Waals surface area contributed by atoms with Gasteiger partial charge in [0.25, 0.3) is 5.91 Å². The van der Waals surface area contributed by atoms with Crippen LogP contribution in [0.2, 0.25) is 0 Å². The summed E-state index contributed by atoms with van der Waals surface area (Å²) < 4.78 is 11.8. The van der Waals surface area contributed by atoms with Crippen LogP contribution in [0.4, 0.5) is 0 Å². The first-order valence-electron chi connectivity index (χ1n) is 10.8. The highest BCUT2D eigenvalue weighted by molar-refractivity contribution is 5.95. The number of ether oxygens (including phenoxy) is 2. The Labute approximate surface area is 192 Å². The average Bonchev–Trinajstić information content (AvgIpc) is 3.43. The van der Waals surface area contributed by atoms with Gasteiger partial charge in [0.05, 0.1) is 7.11 Å². The first-order chi connectivity index (χ1) is 13.7. The van der Waals surface area contributed by atoms with Crippen molar-refractivity contribution in [1.29, 1.82) is 0 Å². The van der Waals surface area contributed by atoms with E-state index < -0.39 is 0 Å². The first-order valence-corrected chi connectivity index (χ1v) is 10.8. The third kappa shape index (κ3) is 6.16. The molecule has 1 saturated carbocycles. The molecule has 2 saturated heterocycles. The lowest BCUT2D eigenvalue weighted by Gasteiger charge is -2.36. The van der Waals surface area contributed by atoms with E-state index >= 15 is 0 Å². The number of nitrogens with zero attached hydrogens (tertiary/aromatic N) is 1. The fourth-order valence-electron chi connectivity index (χ4n) is 4.76. The van der Waals surface area contributed by atoms with Crippen LogP contribution in [-0.2, 0) is 0 Å². The van der Waals surface area contributed by atoms with Crippen molar-refractivity contribution in [3.05, 3.63) is 23.8 Å². The number of likely N-dealkylation sites (tertiary alicyclic amines) is 1. The minimum atomic E-state index is -0.0524. The molecular formula is C22H35Cl2N3O3. The van der Waals surface area contributed by atoms with Gasteiger partial charge in [-0.2, -0.15) is 0 Å². The Hall–Kier alpha value is -1.21. The Morgan fingerprint density at radius 2 is 1.80 bits per heavy atom. The highest BCUT2D eigenvalue weighted by atomic mass is 35.5. The van der Waals surface area contributed by atoms with Gasteiger partial charge in [-0.1, -0.05) is 12.8 Å². The minimum Gasteiger partial charge on any atom is -0.493 e. The second kappa shape index (κ2) is 12.0. The second-order valence-corrected chi connectivity index (χ2v) is 8.32. The molecule has 0 spiro atoms. The Morgan fingerprint density at radius 1 is 1.07 bits per heavy atom. The Bertz CT molecular complexity index is 672. The number of hydrogen-bond acceptors (Lipinski definition) is 5. The summed E-state index contributed by atoms with van der Waals surface area (Å²) in [7, 11) is 1.63. The second-order valence-electron chi connectivity index (χ2n) is 8.32. The predicted molar refractivity (Wildman–Crippen MR) is 124 cm³/mol. The van der Waals surface area contributed by atoms with Gasteiger partial charge in [0.1, 0.15) is 6.10 Å². The molecule has 1 amide bonds. The molecule has 0 bridgehead atoms. The van der Waals surface area contributed by atoms with Gasteiger partial charge in [-0.15, -0.1) is 24.8 Å². The molecule has 0 radical (unpaired) electrons. The molecule has 4 rings (SSSR count). The van der Waals surface area contributed by atoms with Gasteiger partial charge >= 0.3 is 0 Å². The van der Waals surface area contributed by atoms with Gasteiger partial charge in [0.15, 0.2) is 11.5 Å². The van der Waals surface area contributed by atoms with E-state index in [1.165, 1.54) is 25.7 Å². The maximum absolute atomic E-state index is 12.5. The summed E-state index contributed by atoms with van der Waals surface area (Å²) in [5.74, 6) is 1.32. The van der Waals surface area contributed by atoms with Crippen molar-refractivity contribution in [2.45, 2.75) is 63.1 Å². The summed E-state index contributed by atoms with van der Waals surface area (Å²) >= 11 is 0. The fraction of sp³-hybridized carbons (Fsp3) is 0.682. The molecule has 2 heterocycles. The number of benzene rings is 1. The van der Waals surface area contributed by atoms with Crippen LogP contribution in [0.5, 0.6) is 11.5 Å². The van der Waals surface area contributed by atoms with E-state index in [1.807, 2.05) is 12.1 Å². The summed E-state index contributed by atoms with van der Waals surface area (Å²) in [6, 6.07) is 6.51. The molecule has 6 nitrogen and oxygen atoms in total. The van der Waals surface area contributed by atoms with Crippen molar-refractivity contribution in [3.8, 4) is 11.5 Å². The van der Waals surface area contributed by atoms with Gasteiger partial charge in [0, 0.05) is 37.3 Å². The van der Waals surface area contributed by atoms with Crippen molar-refractivity contribution in [2.24, 2.45) is 0 Å². The van der Waals surface area contributed by atoms with Crippen molar-refractivity contribution in [3.63, 3.8) is 0 Å². The number of halogens is 2. The van der Waals surface area contributed by atoms with Gasteiger partial charge < -0.3 is 25.0 Å². The fourth-order valence-corrected chi connectivity index (χ4v) is 4.76.